The highest BCUT2D eigenvalue weighted by Gasteiger charge is 2.36. The lowest BCUT2D eigenvalue weighted by Crippen LogP contribution is -2.56. The van der Waals surface area contributed by atoms with Crippen LogP contribution in [-0.4, -0.2) is 38.4 Å². The van der Waals surface area contributed by atoms with Crippen LogP contribution in [0.15, 0.2) is 42.5 Å². The quantitative estimate of drug-likeness (QED) is 0.870. The van der Waals surface area contributed by atoms with Gasteiger partial charge in [-0.3, -0.25) is 9.59 Å². The molecule has 6 heteroatoms. The topological polar surface area (TPSA) is 82.5 Å². The van der Waals surface area contributed by atoms with Crippen LogP contribution in [0, 0.1) is 0 Å². The third kappa shape index (κ3) is 4.34. The number of benzene rings is 1. The Kier molecular flexibility index (Phi) is 5.28. The van der Waals surface area contributed by atoms with E-state index in [1.54, 1.807) is 23.1 Å². The average Bonchev–Trinajstić information content (AvgIpc) is 2.65. The number of nitrogens with zero attached hydrogens (tertiary/aromatic N) is 2. The van der Waals surface area contributed by atoms with Crippen LogP contribution in [0.2, 0.25) is 0 Å². The Balaban J connectivity index is 1.95. The van der Waals surface area contributed by atoms with Crippen LogP contribution >= 0.6 is 0 Å². The maximum atomic E-state index is 13.2. The third-order valence-electron chi connectivity index (χ3n) is 4.50. The molecule has 0 saturated carbocycles. The zero-order valence-corrected chi connectivity index (χ0v) is 15.9. The molecule has 3 rings (SSSR count). The Morgan fingerprint density at radius 3 is 2.52 bits per heavy atom. The van der Waals surface area contributed by atoms with Crippen molar-refractivity contribution in [3.8, 4) is 0 Å². The van der Waals surface area contributed by atoms with E-state index in [0.717, 1.165) is 11.1 Å². The van der Waals surface area contributed by atoms with Gasteiger partial charge in [0.25, 0.3) is 5.91 Å². The molecule has 6 nitrogen and oxygen atoms in total. The molecule has 0 radical (unpaired) electrons. The molecular weight excluding hydrogens is 342 g/mol. The number of rotatable bonds is 3. The second-order valence-corrected chi connectivity index (χ2v) is 7.83. The van der Waals surface area contributed by atoms with E-state index in [2.05, 4.69) is 10.3 Å². The number of amides is 2. The van der Waals surface area contributed by atoms with Crippen molar-refractivity contribution in [1.82, 2.24) is 15.2 Å². The smallest absolute Gasteiger partial charge is 0.273 e. The Bertz CT molecular complexity index is 858. The van der Waals surface area contributed by atoms with Gasteiger partial charge in [0.15, 0.2) is 0 Å². The molecule has 2 heterocycles. The van der Waals surface area contributed by atoms with Gasteiger partial charge in [0, 0.05) is 18.5 Å². The van der Waals surface area contributed by atoms with Crippen molar-refractivity contribution in [1.29, 1.82) is 0 Å². The van der Waals surface area contributed by atoms with E-state index in [9.17, 15) is 14.7 Å². The summed E-state index contributed by atoms with van der Waals surface area (Å²) in [5.74, 6) is -0.488. The monoisotopic (exact) mass is 367 g/mol. The molecule has 27 heavy (non-hydrogen) atoms. The van der Waals surface area contributed by atoms with Crippen molar-refractivity contribution >= 4 is 11.8 Å². The number of pyridine rings is 1. The molecule has 2 N–H and O–H groups in total. The Morgan fingerprint density at radius 1 is 1.15 bits per heavy atom. The van der Waals surface area contributed by atoms with Crippen LogP contribution in [0.1, 0.15) is 48.1 Å². The van der Waals surface area contributed by atoms with Gasteiger partial charge in [0.1, 0.15) is 11.7 Å². The minimum absolute atomic E-state index is 0.177. The SMILES string of the molecule is CC(C)(C)NC(=O)[C@@H]1Cc2ccccc2CN1C(=O)c1cccc(CO)n1. The molecule has 0 unspecified atom stereocenters. The summed E-state index contributed by atoms with van der Waals surface area (Å²) in [5.41, 5.74) is 2.37. The predicted molar refractivity (Wildman–Crippen MR) is 102 cm³/mol. The van der Waals surface area contributed by atoms with E-state index in [1.165, 1.54) is 0 Å². The van der Waals surface area contributed by atoms with E-state index in [1.807, 2.05) is 45.0 Å². The predicted octanol–water partition coefficient (Wildman–Crippen LogP) is 2.06. The first-order valence-electron chi connectivity index (χ1n) is 9.05. The number of aromatic nitrogens is 1. The number of carbonyl (C=O) groups excluding carboxylic acids is 2. The van der Waals surface area contributed by atoms with Crippen molar-refractivity contribution in [2.24, 2.45) is 0 Å². The van der Waals surface area contributed by atoms with Gasteiger partial charge in [-0.1, -0.05) is 30.3 Å². The zero-order valence-electron chi connectivity index (χ0n) is 15.9. The molecule has 2 amide bonds. The lowest BCUT2D eigenvalue weighted by Gasteiger charge is -2.37. The van der Waals surface area contributed by atoms with Crippen molar-refractivity contribution in [3.05, 3.63) is 65.0 Å². The first-order chi connectivity index (χ1) is 12.8. The lowest BCUT2D eigenvalue weighted by atomic mass is 9.92. The zero-order chi connectivity index (χ0) is 19.6. The average molecular weight is 367 g/mol. The third-order valence-corrected chi connectivity index (χ3v) is 4.50. The van der Waals surface area contributed by atoms with E-state index in [4.69, 9.17) is 0 Å². The highest BCUT2D eigenvalue weighted by atomic mass is 16.3. The molecule has 0 bridgehead atoms. The maximum absolute atomic E-state index is 13.2. The largest absolute Gasteiger partial charge is 0.390 e. The fourth-order valence-corrected chi connectivity index (χ4v) is 3.26. The number of aliphatic hydroxyl groups excluding tert-OH is 1. The van der Waals surface area contributed by atoms with Crippen LogP contribution in [0.5, 0.6) is 0 Å². The van der Waals surface area contributed by atoms with Crippen LogP contribution in [0.25, 0.3) is 0 Å². The van der Waals surface area contributed by atoms with Gasteiger partial charge in [0.2, 0.25) is 5.91 Å². The molecule has 0 aliphatic carbocycles. The molecule has 142 valence electrons. The molecule has 0 fully saturated rings. The molecule has 0 spiro atoms. The van der Waals surface area contributed by atoms with Crippen LogP contribution in [0.3, 0.4) is 0 Å². The molecule has 1 aromatic carbocycles. The molecule has 2 aromatic rings. The normalized spacial score (nSPS) is 16.6. The number of hydrogen-bond donors (Lipinski definition) is 2. The lowest BCUT2D eigenvalue weighted by molar-refractivity contribution is -0.127. The molecule has 1 aromatic heterocycles. The van der Waals surface area contributed by atoms with E-state index >= 15 is 0 Å². The minimum atomic E-state index is -0.605. The number of fused-ring (bicyclic) bond motifs is 1. The molecule has 1 aliphatic heterocycles. The fraction of sp³-hybridized carbons (Fsp3) is 0.381. The van der Waals surface area contributed by atoms with E-state index in [0.29, 0.717) is 18.7 Å². The molecule has 0 saturated heterocycles. The van der Waals surface area contributed by atoms with Crippen molar-refractivity contribution < 1.29 is 14.7 Å². The highest BCUT2D eigenvalue weighted by Crippen LogP contribution is 2.25. The van der Waals surface area contributed by atoms with Gasteiger partial charge in [-0.05, 0) is 44.0 Å². The minimum Gasteiger partial charge on any atom is -0.390 e. The summed E-state index contributed by atoms with van der Waals surface area (Å²) >= 11 is 0. The van der Waals surface area contributed by atoms with Gasteiger partial charge in [-0.15, -0.1) is 0 Å². The van der Waals surface area contributed by atoms with Crippen molar-refractivity contribution in [2.75, 3.05) is 0 Å². The molecular formula is C21H25N3O3. The van der Waals surface area contributed by atoms with E-state index in [-0.39, 0.29) is 24.1 Å². The summed E-state index contributed by atoms with van der Waals surface area (Å²) in [6.45, 7) is 5.86. The summed E-state index contributed by atoms with van der Waals surface area (Å²) < 4.78 is 0. The summed E-state index contributed by atoms with van der Waals surface area (Å²) in [6, 6.07) is 12.2. The maximum Gasteiger partial charge on any atom is 0.273 e. The second kappa shape index (κ2) is 7.48. The van der Waals surface area contributed by atoms with Crippen LogP contribution in [-0.2, 0) is 24.4 Å². The number of hydrogen-bond acceptors (Lipinski definition) is 4. The van der Waals surface area contributed by atoms with Gasteiger partial charge >= 0.3 is 0 Å². The summed E-state index contributed by atoms with van der Waals surface area (Å²) in [5, 5.41) is 12.3. The first kappa shape index (κ1) is 19.0. The van der Waals surface area contributed by atoms with Gasteiger partial charge in [-0.25, -0.2) is 4.98 Å². The second-order valence-electron chi connectivity index (χ2n) is 7.83. The van der Waals surface area contributed by atoms with E-state index < -0.39 is 11.6 Å². The van der Waals surface area contributed by atoms with Gasteiger partial charge in [-0.2, -0.15) is 0 Å². The first-order valence-corrected chi connectivity index (χ1v) is 9.05. The van der Waals surface area contributed by atoms with Crippen LogP contribution in [0.4, 0.5) is 0 Å². The number of aliphatic hydroxyl groups is 1. The number of carbonyl (C=O) groups is 2. The molecule has 1 aliphatic rings. The summed E-state index contributed by atoms with van der Waals surface area (Å²) in [6.07, 6.45) is 0.462. The highest BCUT2D eigenvalue weighted by molar-refractivity contribution is 5.96. The van der Waals surface area contributed by atoms with Crippen LogP contribution < -0.4 is 5.32 Å². The standard InChI is InChI=1S/C21H25N3O3/c1-21(2,3)23-19(26)18-11-14-7-4-5-8-15(14)12-24(18)20(27)17-10-6-9-16(13-25)22-17/h4-10,18,25H,11-13H2,1-3H3,(H,23,26)/t18-/m0/s1. The fourth-order valence-electron chi connectivity index (χ4n) is 3.26. The van der Waals surface area contributed by atoms with Gasteiger partial charge in [0.05, 0.1) is 12.3 Å². The van der Waals surface area contributed by atoms with Gasteiger partial charge < -0.3 is 15.3 Å². The van der Waals surface area contributed by atoms with Crippen molar-refractivity contribution in [3.63, 3.8) is 0 Å². The Labute approximate surface area is 159 Å². The Hall–Kier alpha value is -2.73. The summed E-state index contributed by atoms with van der Waals surface area (Å²) in [4.78, 5) is 31.9. The molecule has 1 atom stereocenters. The summed E-state index contributed by atoms with van der Waals surface area (Å²) in [7, 11) is 0. The Morgan fingerprint density at radius 2 is 1.85 bits per heavy atom. The number of nitrogens with one attached hydrogen (secondary N) is 1. The van der Waals surface area contributed by atoms with Crippen molar-refractivity contribution in [2.45, 2.75) is 51.9 Å².